The first-order chi connectivity index (χ1) is 9.72. The number of hydrogen-bond donors (Lipinski definition) is 1. The van der Waals surface area contributed by atoms with Crippen molar-refractivity contribution in [3.8, 4) is 0 Å². The van der Waals surface area contributed by atoms with E-state index in [2.05, 4.69) is 18.3 Å². The van der Waals surface area contributed by atoms with Gasteiger partial charge in [-0.2, -0.15) is 0 Å². The maximum atomic E-state index is 6.23. The summed E-state index contributed by atoms with van der Waals surface area (Å²) in [6.45, 7) is 3.27. The number of halogens is 2. The van der Waals surface area contributed by atoms with Crippen molar-refractivity contribution >= 4 is 28.9 Å². The van der Waals surface area contributed by atoms with Gasteiger partial charge in [-0.1, -0.05) is 75.1 Å². The molecule has 1 N–H and O–H groups in total. The van der Waals surface area contributed by atoms with Crippen LogP contribution in [0.3, 0.4) is 0 Å². The van der Waals surface area contributed by atoms with Gasteiger partial charge in [-0.25, -0.2) is 0 Å². The molecule has 1 nitrogen and oxygen atoms in total. The number of nitrogens with one attached hydrogen (secondary N) is 1. The molecule has 20 heavy (non-hydrogen) atoms. The van der Waals surface area contributed by atoms with Crippen LogP contribution in [0.25, 0.3) is 0 Å². The summed E-state index contributed by atoms with van der Waals surface area (Å²) < 4.78 is 0. The van der Waals surface area contributed by atoms with E-state index in [1.807, 2.05) is 6.07 Å². The average Bonchev–Trinajstić information content (AvgIpc) is 2.81. The lowest BCUT2D eigenvalue weighted by molar-refractivity contribution is 0.549. The Balaban J connectivity index is 1.74. The molecule has 0 bridgehead atoms. The lowest BCUT2D eigenvalue weighted by atomic mass is 9.94. The largest absolute Gasteiger partial charge is 0.383 e. The molecule has 2 rings (SSSR count). The Bertz CT molecular complexity index is 431. The Morgan fingerprint density at radius 1 is 1.05 bits per heavy atom. The van der Waals surface area contributed by atoms with Crippen LogP contribution in [0, 0.1) is 0 Å². The van der Waals surface area contributed by atoms with Gasteiger partial charge in [0.15, 0.2) is 0 Å². The van der Waals surface area contributed by atoms with Crippen molar-refractivity contribution in [3.05, 3.63) is 27.7 Å². The SMILES string of the molecule is CCCCCCCCCC1CNc2c(Cl)cc(Cl)cc21. The summed E-state index contributed by atoms with van der Waals surface area (Å²) in [5.41, 5.74) is 2.41. The Morgan fingerprint density at radius 2 is 1.75 bits per heavy atom. The zero-order valence-electron chi connectivity index (χ0n) is 12.4. The number of unbranched alkanes of at least 4 members (excludes halogenated alkanes) is 6. The topological polar surface area (TPSA) is 12.0 Å². The Labute approximate surface area is 133 Å². The van der Waals surface area contributed by atoms with Crippen molar-refractivity contribution < 1.29 is 0 Å². The van der Waals surface area contributed by atoms with Gasteiger partial charge in [0, 0.05) is 17.5 Å². The number of anilines is 1. The van der Waals surface area contributed by atoms with Gasteiger partial charge in [0.1, 0.15) is 0 Å². The van der Waals surface area contributed by atoms with E-state index >= 15 is 0 Å². The maximum absolute atomic E-state index is 6.23. The third-order valence-electron chi connectivity index (χ3n) is 4.21. The summed E-state index contributed by atoms with van der Waals surface area (Å²) in [6, 6.07) is 3.90. The standard InChI is InChI=1S/C17H25Cl2N/c1-2-3-4-5-6-7-8-9-13-12-20-17-15(13)10-14(18)11-16(17)19/h10-11,13,20H,2-9,12H2,1H3. The number of hydrogen-bond acceptors (Lipinski definition) is 1. The molecular weight excluding hydrogens is 289 g/mol. The fourth-order valence-electron chi connectivity index (χ4n) is 3.04. The van der Waals surface area contributed by atoms with Crippen molar-refractivity contribution in [2.45, 2.75) is 64.2 Å². The van der Waals surface area contributed by atoms with Crippen molar-refractivity contribution in [1.29, 1.82) is 0 Å². The van der Waals surface area contributed by atoms with E-state index in [0.29, 0.717) is 5.92 Å². The first-order valence-corrected chi connectivity index (χ1v) is 8.70. The predicted octanol–water partition coefficient (Wildman–Crippen LogP) is 6.64. The second kappa shape index (κ2) is 8.14. The van der Waals surface area contributed by atoms with Gasteiger partial charge in [0.25, 0.3) is 0 Å². The number of benzene rings is 1. The molecule has 0 amide bonds. The minimum Gasteiger partial charge on any atom is -0.383 e. The lowest BCUT2D eigenvalue weighted by Crippen LogP contribution is -2.01. The minimum absolute atomic E-state index is 0.580. The van der Waals surface area contributed by atoms with Gasteiger partial charge in [0.05, 0.1) is 10.7 Å². The van der Waals surface area contributed by atoms with Crippen molar-refractivity contribution in [1.82, 2.24) is 0 Å². The van der Waals surface area contributed by atoms with Gasteiger partial charge in [-0.3, -0.25) is 0 Å². The summed E-state index contributed by atoms with van der Waals surface area (Å²) in [7, 11) is 0. The molecule has 0 saturated heterocycles. The van der Waals surface area contributed by atoms with Gasteiger partial charge >= 0.3 is 0 Å². The molecule has 0 aromatic heterocycles. The second-order valence-electron chi connectivity index (χ2n) is 5.84. The van der Waals surface area contributed by atoms with Crippen LogP contribution in [0.1, 0.15) is 69.8 Å². The molecular formula is C17H25Cl2N. The van der Waals surface area contributed by atoms with E-state index in [-0.39, 0.29) is 0 Å². The Kier molecular flexibility index (Phi) is 6.51. The highest BCUT2D eigenvalue weighted by molar-refractivity contribution is 6.36. The first-order valence-electron chi connectivity index (χ1n) is 7.95. The normalized spacial score (nSPS) is 17.1. The van der Waals surface area contributed by atoms with E-state index < -0.39 is 0 Å². The van der Waals surface area contributed by atoms with Crippen LogP contribution in [0.15, 0.2) is 12.1 Å². The monoisotopic (exact) mass is 313 g/mol. The zero-order chi connectivity index (χ0) is 14.4. The third-order valence-corrected chi connectivity index (χ3v) is 4.72. The van der Waals surface area contributed by atoms with Crippen LogP contribution < -0.4 is 5.32 Å². The summed E-state index contributed by atoms with van der Waals surface area (Å²) in [4.78, 5) is 0. The average molecular weight is 314 g/mol. The van der Waals surface area contributed by atoms with E-state index in [1.54, 1.807) is 0 Å². The molecule has 112 valence electrons. The molecule has 1 atom stereocenters. The molecule has 1 aliphatic heterocycles. The van der Waals surface area contributed by atoms with E-state index in [0.717, 1.165) is 22.3 Å². The van der Waals surface area contributed by atoms with E-state index in [9.17, 15) is 0 Å². The van der Waals surface area contributed by atoms with Gasteiger partial charge in [-0.05, 0) is 24.1 Å². The van der Waals surface area contributed by atoms with Crippen LogP contribution in [0.5, 0.6) is 0 Å². The smallest absolute Gasteiger partial charge is 0.0655 e. The molecule has 1 aromatic carbocycles. The predicted molar refractivity (Wildman–Crippen MR) is 90.3 cm³/mol. The van der Waals surface area contributed by atoms with Gasteiger partial charge in [0.2, 0.25) is 0 Å². The fraction of sp³-hybridized carbons (Fsp3) is 0.647. The minimum atomic E-state index is 0.580. The molecule has 0 spiro atoms. The quantitative estimate of drug-likeness (QED) is 0.530. The van der Waals surface area contributed by atoms with Crippen LogP contribution >= 0.6 is 23.2 Å². The van der Waals surface area contributed by atoms with Crippen LogP contribution in [0.2, 0.25) is 10.0 Å². The first kappa shape index (κ1) is 16.0. The summed E-state index contributed by atoms with van der Waals surface area (Å²) >= 11 is 12.3. The summed E-state index contributed by atoms with van der Waals surface area (Å²) in [5, 5.41) is 4.93. The molecule has 3 heteroatoms. The maximum Gasteiger partial charge on any atom is 0.0655 e. The zero-order valence-corrected chi connectivity index (χ0v) is 13.9. The molecule has 1 aromatic rings. The highest BCUT2D eigenvalue weighted by Gasteiger charge is 2.24. The molecule has 0 saturated carbocycles. The molecule has 0 aliphatic carbocycles. The van der Waals surface area contributed by atoms with Gasteiger partial charge in [-0.15, -0.1) is 0 Å². The highest BCUT2D eigenvalue weighted by Crippen LogP contribution is 2.41. The van der Waals surface area contributed by atoms with Gasteiger partial charge < -0.3 is 5.32 Å². The van der Waals surface area contributed by atoms with E-state index in [4.69, 9.17) is 23.2 Å². The number of rotatable bonds is 8. The number of fused-ring (bicyclic) bond motifs is 1. The Morgan fingerprint density at radius 3 is 2.50 bits per heavy atom. The summed E-state index contributed by atoms with van der Waals surface area (Å²) in [6.07, 6.45) is 10.8. The molecule has 0 radical (unpaired) electrons. The second-order valence-corrected chi connectivity index (χ2v) is 6.68. The van der Waals surface area contributed by atoms with Crippen LogP contribution in [0.4, 0.5) is 5.69 Å². The molecule has 1 aliphatic rings. The summed E-state index contributed by atoms with van der Waals surface area (Å²) in [5.74, 6) is 0.580. The molecule has 0 fully saturated rings. The van der Waals surface area contributed by atoms with Crippen LogP contribution in [-0.4, -0.2) is 6.54 Å². The van der Waals surface area contributed by atoms with Crippen LogP contribution in [-0.2, 0) is 0 Å². The molecule has 1 unspecified atom stereocenters. The van der Waals surface area contributed by atoms with Crippen molar-refractivity contribution in [2.75, 3.05) is 11.9 Å². The lowest BCUT2D eigenvalue weighted by Gasteiger charge is -2.10. The van der Waals surface area contributed by atoms with Crippen molar-refractivity contribution in [3.63, 3.8) is 0 Å². The molecule has 1 heterocycles. The van der Waals surface area contributed by atoms with Crippen molar-refractivity contribution in [2.24, 2.45) is 0 Å². The Hall–Kier alpha value is -0.400. The van der Waals surface area contributed by atoms with E-state index in [1.165, 1.54) is 56.9 Å². The third kappa shape index (κ3) is 4.30. The fourth-order valence-corrected chi connectivity index (χ4v) is 3.62. The highest BCUT2D eigenvalue weighted by atomic mass is 35.5.